The molecular weight excluding hydrogens is 417 g/mol. The van der Waals surface area contributed by atoms with Crippen LogP contribution in [-0.2, 0) is 12.6 Å². The van der Waals surface area contributed by atoms with Gasteiger partial charge in [-0.25, -0.2) is 8.78 Å². The van der Waals surface area contributed by atoms with Crippen molar-refractivity contribution in [2.24, 2.45) is 0 Å². The summed E-state index contributed by atoms with van der Waals surface area (Å²) in [6.45, 7) is 4.59. The molecular formula is C23H20F5NO2. The zero-order chi connectivity index (χ0) is 22.9. The molecule has 0 bridgehead atoms. The number of hydrogen-bond donors (Lipinski definition) is 1. The maximum absolute atomic E-state index is 13.8. The Hall–Kier alpha value is -3.16. The van der Waals surface area contributed by atoms with Crippen LogP contribution in [0.25, 0.3) is 11.3 Å². The van der Waals surface area contributed by atoms with E-state index in [4.69, 9.17) is 4.42 Å². The van der Waals surface area contributed by atoms with Gasteiger partial charge in [-0.2, -0.15) is 13.2 Å². The average molecular weight is 437 g/mol. The first-order chi connectivity index (χ1) is 14.5. The predicted molar refractivity (Wildman–Crippen MR) is 106 cm³/mol. The van der Waals surface area contributed by atoms with E-state index in [0.29, 0.717) is 12.0 Å². The summed E-state index contributed by atoms with van der Waals surface area (Å²) in [6.07, 6.45) is -4.12. The summed E-state index contributed by atoms with van der Waals surface area (Å²) in [4.78, 5) is 12.5. The second-order valence-corrected chi connectivity index (χ2v) is 7.24. The summed E-state index contributed by atoms with van der Waals surface area (Å²) < 4.78 is 72.5. The number of carbonyl (C=O) groups is 1. The summed E-state index contributed by atoms with van der Waals surface area (Å²) in [5, 5.41) is 2.56. The highest BCUT2D eigenvalue weighted by atomic mass is 19.4. The number of benzene rings is 2. The van der Waals surface area contributed by atoms with Crippen LogP contribution in [0.15, 0.2) is 46.9 Å². The average Bonchev–Trinajstić information content (AvgIpc) is 3.21. The normalized spacial score (nSPS) is 12.6. The van der Waals surface area contributed by atoms with Crippen LogP contribution in [0.3, 0.4) is 0 Å². The molecule has 3 rings (SSSR count). The molecule has 1 aromatic heterocycles. The molecule has 8 heteroatoms. The predicted octanol–water partition coefficient (Wildman–Crippen LogP) is 6.61. The van der Waals surface area contributed by atoms with Gasteiger partial charge in [-0.1, -0.05) is 6.92 Å². The van der Waals surface area contributed by atoms with E-state index in [1.165, 1.54) is 19.1 Å². The first kappa shape index (κ1) is 22.5. The minimum Gasteiger partial charge on any atom is -0.451 e. The van der Waals surface area contributed by atoms with Crippen molar-refractivity contribution in [3.05, 3.63) is 82.1 Å². The third-order valence-corrected chi connectivity index (χ3v) is 4.99. The highest BCUT2D eigenvalue weighted by molar-refractivity contribution is 5.92. The lowest BCUT2D eigenvalue weighted by molar-refractivity contribution is -0.137. The number of halogens is 5. The molecule has 1 heterocycles. The molecule has 0 unspecified atom stereocenters. The third kappa shape index (κ3) is 4.95. The maximum Gasteiger partial charge on any atom is 0.416 e. The lowest BCUT2D eigenvalue weighted by Gasteiger charge is -2.14. The Labute approximate surface area is 175 Å². The monoisotopic (exact) mass is 437 g/mol. The summed E-state index contributed by atoms with van der Waals surface area (Å²) in [7, 11) is 0. The van der Waals surface area contributed by atoms with Gasteiger partial charge in [0.2, 0.25) is 0 Å². The van der Waals surface area contributed by atoms with Gasteiger partial charge in [0.05, 0.1) is 11.6 Å². The molecule has 3 aromatic rings. The SMILES string of the molecule is CCc1cc(-c2ccc(C(=O)N[C@H](C)c3cc(F)c(C)c(F)c3)o2)cc(C(F)(F)F)c1. The molecule has 0 spiro atoms. The van der Waals surface area contributed by atoms with Crippen LogP contribution in [0.4, 0.5) is 22.0 Å². The van der Waals surface area contributed by atoms with Gasteiger partial charge in [0.25, 0.3) is 5.91 Å². The molecule has 1 N–H and O–H groups in total. The second-order valence-electron chi connectivity index (χ2n) is 7.24. The lowest BCUT2D eigenvalue weighted by Crippen LogP contribution is -2.26. The van der Waals surface area contributed by atoms with Crippen molar-refractivity contribution in [3.8, 4) is 11.3 Å². The highest BCUT2D eigenvalue weighted by Crippen LogP contribution is 2.34. The first-order valence-corrected chi connectivity index (χ1v) is 9.57. The number of aryl methyl sites for hydroxylation is 1. The molecule has 0 aliphatic rings. The summed E-state index contributed by atoms with van der Waals surface area (Å²) in [5.74, 6) is -2.15. The topological polar surface area (TPSA) is 42.2 Å². The van der Waals surface area contributed by atoms with Gasteiger partial charge in [-0.15, -0.1) is 0 Å². The fourth-order valence-corrected chi connectivity index (χ4v) is 3.08. The molecule has 0 aliphatic carbocycles. The van der Waals surface area contributed by atoms with E-state index in [-0.39, 0.29) is 28.2 Å². The molecule has 0 fully saturated rings. The van der Waals surface area contributed by atoms with Gasteiger partial charge in [0, 0.05) is 11.1 Å². The van der Waals surface area contributed by atoms with E-state index >= 15 is 0 Å². The first-order valence-electron chi connectivity index (χ1n) is 9.57. The van der Waals surface area contributed by atoms with Crippen molar-refractivity contribution in [3.63, 3.8) is 0 Å². The molecule has 0 saturated carbocycles. The number of alkyl halides is 3. The van der Waals surface area contributed by atoms with Crippen LogP contribution in [0, 0.1) is 18.6 Å². The van der Waals surface area contributed by atoms with Gasteiger partial charge in [0.15, 0.2) is 5.76 Å². The van der Waals surface area contributed by atoms with Gasteiger partial charge < -0.3 is 9.73 Å². The number of hydrogen-bond acceptors (Lipinski definition) is 2. The van der Waals surface area contributed by atoms with Crippen molar-refractivity contribution in [2.45, 2.75) is 39.4 Å². The quantitative estimate of drug-likeness (QED) is 0.457. The van der Waals surface area contributed by atoms with Gasteiger partial charge in [0.1, 0.15) is 17.4 Å². The number of nitrogens with one attached hydrogen (secondary N) is 1. The Bertz CT molecular complexity index is 1090. The van der Waals surface area contributed by atoms with Crippen LogP contribution >= 0.6 is 0 Å². The fraction of sp³-hybridized carbons (Fsp3) is 0.261. The minimum absolute atomic E-state index is 0.103. The van der Waals surface area contributed by atoms with E-state index in [0.717, 1.165) is 24.3 Å². The van der Waals surface area contributed by atoms with Crippen molar-refractivity contribution in [1.82, 2.24) is 5.32 Å². The van der Waals surface area contributed by atoms with Gasteiger partial charge >= 0.3 is 6.18 Å². The van der Waals surface area contributed by atoms with E-state index in [9.17, 15) is 26.7 Å². The Morgan fingerprint density at radius 2 is 1.71 bits per heavy atom. The molecule has 1 amide bonds. The summed E-state index contributed by atoms with van der Waals surface area (Å²) in [5.41, 5.74) is -0.0243. The molecule has 0 saturated heterocycles. The Balaban J connectivity index is 1.83. The summed E-state index contributed by atoms with van der Waals surface area (Å²) in [6, 6.07) is 7.86. The molecule has 0 radical (unpaired) electrons. The van der Waals surface area contributed by atoms with Crippen molar-refractivity contribution >= 4 is 5.91 Å². The van der Waals surface area contributed by atoms with E-state index in [1.807, 2.05) is 0 Å². The van der Waals surface area contributed by atoms with Crippen LogP contribution < -0.4 is 5.32 Å². The Morgan fingerprint density at radius 1 is 1.06 bits per heavy atom. The molecule has 164 valence electrons. The van der Waals surface area contributed by atoms with Crippen LogP contribution in [-0.4, -0.2) is 5.91 Å². The number of furan rings is 1. The number of carbonyl (C=O) groups excluding carboxylic acids is 1. The second kappa shape index (κ2) is 8.53. The van der Waals surface area contributed by atoms with Crippen LogP contribution in [0.5, 0.6) is 0 Å². The molecule has 3 nitrogen and oxygen atoms in total. The van der Waals surface area contributed by atoms with Gasteiger partial charge in [-0.3, -0.25) is 4.79 Å². The summed E-state index contributed by atoms with van der Waals surface area (Å²) >= 11 is 0. The fourth-order valence-electron chi connectivity index (χ4n) is 3.08. The number of rotatable bonds is 5. The maximum atomic E-state index is 13.8. The largest absolute Gasteiger partial charge is 0.451 e. The van der Waals surface area contributed by atoms with E-state index in [2.05, 4.69) is 5.32 Å². The molecule has 1 atom stereocenters. The minimum atomic E-state index is -4.51. The molecule has 0 aliphatic heterocycles. The smallest absolute Gasteiger partial charge is 0.416 e. The third-order valence-electron chi connectivity index (χ3n) is 4.99. The zero-order valence-electron chi connectivity index (χ0n) is 17.0. The standard InChI is InChI=1S/C23H20F5NO2/c1-4-14-7-16(9-17(8-14)23(26,27)28)20-5-6-21(31-20)22(30)29-13(3)15-10-18(24)12(2)19(25)11-15/h5-11,13H,4H2,1-3H3,(H,29,30)/t13-/m1/s1. The molecule has 31 heavy (non-hydrogen) atoms. The van der Waals surface area contributed by atoms with E-state index in [1.54, 1.807) is 19.9 Å². The van der Waals surface area contributed by atoms with Crippen molar-refractivity contribution in [2.75, 3.05) is 0 Å². The van der Waals surface area contributed by atoms with Gasteiger partial charge in [-0.05, 0) is 73.9 Å². The van der Waals surface area contributed by atoms with Crippen molar-refractivity contribution in [1.29, 1.82) is 0 Å². The Morgan fingerprint density at radius 3 is 2.29 bits per heavy atom. The number of amides is 1. The van der Waals surface area contributed by atoms with Crippen molar-refractivity contribution < 1.29 is 31.2 Å². The van der Waals surface area contributed by atoms with Crippen LogP contribution in [0.2, 0.25) is 0 Å². The van der Waals surface area contributed by atoms with E-state index < -0.39 is 35.3 Å². The Kier molecular flexibility index (Phi) is 6.20. The molecule has 2 aromatic carbocycles. The highest BCUT2D eigenvalue weighted by Gasteiger charge is 2.31. The zero-order valence-corrected chi connectivity index (χ0v) is 17.0. The lowest BCUT2D eigenvalue weighted by atomic mass is 10.0. The van der Waals surface area contributed by atoms with Crippen LogP contribution in [0.1, 0.15) is 52.7 Å².